The van der Waals surface area contributed by atoms with Gasteiger partial charge in [0.1, 0.15) is 0 Å². The number of aliphatic hydroxyl groups is 1. The summed E-state index contributed by atoms with van der Waals surface area (Å²) in [6.07, 6.45) is -4.39. The minimum atomic E-state index is -5.00. The number of rotatable bonds is 1. The van der Waals surface area contributed by atoms with Crippen LogP contribution in [0.1, 0.15) is 23.7 Å². The number of carbonyl (C=O) groups is 1. The van der Waals surface area contributed by atoms with Crippen molar-refractivity contribution in [2.24, 2.45) is 0 Å². The number of benzene rings is 1. The predicted molar refractivity (Wildman–Crippen MR) is 70.1 cm³/mol. The minimum absolute atomic E-state index is 0.0602. The zero-order valence-electron chi connectivity index (χ0n) is 10.9. The first kappa shape index (κ1) is 15.7. The highest BCUT2D eigenvalue weighted by molar-refractivity contribution is 6.30. The lowest BCUT2D eigenvalue weighted by Gasteiger charge is -2.33. The summed E-state index contributed by atoms with van der Waals surface area (Å²) >= 11 is 5.73. The molecule has 0 spiro atoms. The van der Waals surface area contributed by atoms with Crippen molar-refractivity contribution in [2.75, 3.05) is 0 Å². The average molecular weight is 321 g/mol. The number of nitrogens with one attached hydrogen (secondary N) is 1. The molecule has 1 aliphatic heterocycles. The minimum Gasteiger partial charge on any atom is -0.362 e. The lowest BCUT2D eigenvalue weighted by Crippen LogP contribution is -2.59. The summed E-state index contributed by atoms with van der Waals surface area (Å²) in [5, 5.41) is 10.3. The van der Waals surface area contributed by atoms with Crippen molar-refractivity contribution in [3.63, 3.8) is 0 Å². The molecule has 0 radical (unpaired) electrons. The standard InChI is InChI=1S/C13H12ClF3N2O2/c1-2-10-7-12(21,13(15,16)17)19(18-10)11(20)8-4-3-5-9(14)6-8/h2-6,18,21H,7H2,1H3. The van der Waals surface area contributed by atoms with Gasteiger partial charge < -0.3 is 5.11 Å². The zero-order valence-corrected chi connectivity index (χ0v) is 11.7. The van der Waals surface area contributed by atoms with Gasteiger partial charge in [0.05, 0.1) is 0 Å². The van der Waals surface area contributed by atoms with E-state index in [0.717, 1.165) is 0 Å². The maximum atomic E-state index is 13.1. The third kappa shape index (κ3) is 2.71. The third-order valence-electron chi connectivity index (χ3n) is 3.14. The Bertz CT molecular complexity index is 603. The molecule has 1 aliphatic rings. The Hall–Kier alpha value is -1.73. The Morgan fingerprint density at radius 3 is 2.71 bits per heavy atom. The van der Waals surface area contributed by atoms with E-state index in [1.165, 1.54) is 37.3 Å². The number of hydrazine groups is 1. The Balaban J connectivity index is 2.43. The fourth-order valence-corrected chi connectivity index (χ4v) is 2.17. The van der Waals surface area contributed by atoms with E-state index in [2.05, 4.69) is 5.43 Å². The van der Waals surface area contributed by atoms with E-state index in [4.69, 9.17) is 11.6 Å². The molecule has 0 saturated carbocycles. The Morgan fingerprint density at radius 2 is 2.19 bits per heavy atom. The summed E-state index contributed by atoms with van der Waals surface area (Å²) in [6.45, 7) is 1.51. The number of amides is 1. The molecular weight excluding hydrogens is 309 g/mol. The number of hydrogen-bond acceptors (Lipinski definition) is 3. The fraction of sp³-hybridized carbons (Fsp3) is 0.308. The van der Waals surface area contributed by atoms with Crippen LogP contribution in [0, 0.1) is 0 Å². The SMILES string of the molecule is CC=C1CC(O)(C(F)(F)F)N(C(=O)c2cccc(Cl)c2)N1. The molecule has 0 aliphatic carbocycles. The summed E-state index contributed by atoms with van der Waals surface area (Å²) in [5.74, 6) is -1.02. The molecule has 1 unspecified atom stereocenters. The number of hydrogen-bond donors (Lipinski definition) is 2. The molecule has 1 aromatic rings. The van der Waals surface area contributed by atoms with Crippen LogP contribution < -0.4 is 5.43 Å². The van der Waals surface area contributed by atoms with Crippen molar-refractivity contribution in [1.29, 1.82) is 0 Å². The molecule has 21 heavy (non-hydrogen) atoms. The van der Waals surface area contributed by atoms with E-state index in [0.29, 0.717) is 0 Å². The molecule has 0 aromatic heterocycles. The summed E-state index contributed by atoms with van der Waals surface area (Å²) < 4.78 is 39.4. The second kappa shape index (κ2) is 5.23. The van der Waals surface area contributed by atoms with Gasteiger partial charge >= 0.3 is 6.18 Å². The van der Waals surface area contributed by atoms with Crippen molar-refractivity contribution in [2.45, 2.75) is 25.2 Å². The molecule has 114 valence electrons. The van der Waals surface area contributed by atoms with Crippen LogP contribution in [0.5, 0.6) is 0 Å². The van der Waals surface area contributed by atoms with E-state index in [9.17, 15) is 23.1 Å². The van der Waals surface area contributed by atoms with Crippen LogP contribution in [0.2, 0.25) is 5.02 Å². The number of alkyl halides is 3. The van der Waals surface area contributed by atoms with Gasteiger partial charge in [-0.05, 0) is 25.1 Å². The number of halogens is 4. The van der Waals surface area contributed by atoms with Crippen LogP contribution >= 0.6 is 11.6 Å². The third-order valence-corrected chi connectivity index (χ3v) is 3.37. The van der Waals surface area contributed by atoms with Gasteiger partial charge in [0, 0.05) is 22.7 Å². The zero-order chi connectivity index (χ0) is 15.8. The smallest absolute Gasteiger partial charge is 0.362 e. The lowest BCUT2D eigenvalue weighted by atomic mass is 10.1. The number of allylic oxidation sites excluding steroid dienone is 1. The van der Waals surface area contributed by atoms with Crippen molar-refractivity contribution < 1.29 is 23.1 Å². The first-order valence-electron chi connectivity index (χ1n) is 6.00. The maximum absolute atomic E-state index is 13.1. The topological polar surface area (TPSA) is 52.6 Å². The highest BCUT2D eigenvalue weighted by Gasteiger charge is 2.63. The van der Waals surface area contributed by atoms with Gasteiger partial charge in [-0.2, -0.15) is 13.2 Å². The van der Waals surface area contributed by atoms with Crippen LogP contribution in [0.4, 0.5) is 13.2 Å². The lowest BCUT2D eigenvalue weighted by molar-refractivity contribution is -0.299. The summed E-state index contributed by atoms with van der Waals surface area (Å²) in [7, 11) is 0. The Kier molecular flexibility index (Phi) is 3.90. The molecular formula is C13H12ClF3N2O2. The van der Waals surface area contributed by atoms with E-state index >= 15 is 0 Å². The molecule has 4 nitrogen and oxygen atoms in total. The average Bonchev–Trinajstić information content (AvgIpc) is 2.76. The molecule has 1 fully saturated rings. The Morgan fingerprint density at radius 1 is 1.52 bits per heavy atom. The quantitative estimate of drug-likeness (QED) is 0.836. The summed E-state index contributed by atoms with van der Waals surface area (Å²) in [5.41, 5.74) is -0.968. The highest BCUT2D eigenvalue weighted by Crippen LogP contribution is 2.41. The van der Waals surface area contributed by atoms with Crippen LogP contribution in [-0.2, 0) is 0 Å². The first-order valence-corrected chi connectivity index (χ1v) is 6.38. The van der Waals surface area contributed by atoms with E-state index in [1.54, 1.807) is 0 Å². The van der Waals surface area contributed by atoms with Crippen molar-refractivity contribution in [1.82, 2.24) is 10.4 Å². The van der Waals surface area contributed by atoms with Crippen molar-refractivity contribution in [3.8, 4) is 0 Å². The van der Waals surface area contributed by atoms with Crippen LogP contribution in [0.15, 0.2) is 36.0 Å². The van der Waals surface area contributed by atoms with Gasteiger partial charge in [0.2, 0.25) is 0 Å². The van der Waals surface area contributed by atoms with Crippen LogP contribution in [0.3, 0.4) is 0 Å². The number of carbonyl (C=O) groups excluding carboxylic acids is 1. The van der Waals surface area contributed by atoms with Gasteiger partial charge in [0.15, 0.2) is 0 Å². The molecule has 1 amide bonds. The number of nitrogens with zero attached hydrogens (tertiary/aromatic N) is 1. The van der Waals surface area contributed by atoms with Gasteiger partial charge in [-0.15, -0.1) is 0 Å². The van der Waals surface area contributed by atoms with Gasteiger partial charge in [-0.3, -0.25) is 10.2 Å². The monoisotopic (exact) mass is 320 g/mol. The normalized spacial score (nSPS) is 24.3. The van der Waals surface area contributed by atoms with E-state index in [1.807, 2.05) is 0 Å². The molecule has 2 N–H and O–H groups in total. The van der Waals surface area contributed by atoms with Crippen molar-refractivity contribution in [3.05, 3.63) is 46.6 Å². The summed E-state index contributed by atoms with van der Waals surface area (Å²) in [4.78, 5) is 12.2. The van der Waals surface area contributed by atoms with Crippen LogP contribution in [0.25, 0.3) is 0 Å². The molecule has 0 bridgehead atoms. The molecule has 1 atom stereocenters. The molecule has 1 heterocycles. The maximum Gasteiger partial charge on any atom is 0.438 e. The van der Waals surface area contributed by atoms with Gasteiger partial charge in [0.25, 0.3) is 11.6 Å². The summed E-state index contributed by atoms with van der Waals surface area (Å²) in [6, 6.07) is 5.48. The van der Waals surface area contributed by atoms with Gasteiger partial charge in [-0.25, -0.2) is 5.01 Å². The molecule has 1 aromatic carbocycles. The predicted octanol–water partition coefficient (Wildman–Crippen LogP) is 2.85. The molecule has 1 saturated heterocycles. The van der Waals surface area contributed by atoms with E-state index in [-0.39, 0.29) is 21.3 Å². The Labute approximate surface area is 123 Å². The second-order valence-corrected chi connectivity index (χ2v) is 5.00. The van der Waals surface area contributed by atoms with Crippen LogP contribution in [-0.4, -0.2) is 27.9 Å². The largest absolute Gasteiger partial charge is 0.438 e. The van der Waals surface area contributed by atoms with Crippen molar-refractivity contribution >= 4 is 17.5 Å². The second-order valence-electron chi connectivity index (χ2n) is 4.57. The fourth-order valence-electron chi connectivity index (χ4n) is 1.98. The van der Waals surface area contributed by atoms with Gasteiger partial charge in [-0.1, -0.05) is 23.7 Å². The first-order chi connectivity index (χ1) is 9.69. The highest BCUT2D eigenvalue weighted by atomic mass is 35.5. The molecule has 8 heteroatoms. The molecule has 2 rings (SSSR count). The van der Waals surface area contributed by atoms with E-state index < -0.39 is 24.2 Å².